The number of hydrogen-bond acceptors (Lipinski definition) is 2. The SMILES string of the molecule is Cc1ccc(-c2cc3ccccc3c(O)c2-c2c(-c3ccc(C)cc3)cc3ccccc3c2O)cc1. The Kier molecular flexibility index (Phi) is 5.23. The largest absolute Gasteiger partial charge is 0.507 e. The highest BCUT2D eigenvalue weighted by molar-refractivity contribution is 6.10. The summed E-state index contributed by atoms with van der Waals surface area (Å²) in [5.74, 6) is 0.338. The van der Waals surface area contributed by atoms with Crippen molar-refractivity contribution in [2.24, 2.45) is 0 Å². The van der Waals surface area contributed by atoms with Crippen molar-refractivity contribution < 1.29 is 10.2 Å². The lowest BCUT2D eigenvalue weighted by Crippen LogP contribution is -1.94. The highest BCUT2D eigenvalue weighted by Crippen LogP contribution is 2.52. The maximum absolute atomic E-state index is 11.8. The molecule has 6 aromatic carbocycles. The van der Waals surface area contributed by atoms with Gasteiger partial charge < -0.3 is 10.2 Å². The zero-order chi connectivity index (χ0) is 24.8. The molecule has 0 radical (unpaired) electrons. The fourth-order valence-corrected chi connectivity index (χ4v) is 5.08. The Morgan fingerprint density at radius 1 is 0.444 bits per heavy atom. The fourth-order valence-electron chi connectivity index (χ4n) is 5.08. The minimum absolute atomic E-state index is 0.169. The second-order valence-electron chi connectivity index (χ2n) is 9.47. The normalized spacial score (nSPS) is 11.3. The van der Waals surface area contributed by atoms with Gasteiger partial charge in [-0.1, -0.05) is 108 Å². The topological polar surface area (TPSA) is 40.5 Å². The molecule has 0 amide bonds. The highest BCUT2D eigenvalue weighted by atomic mass is 16.3. The van der Waals surface area contributed by atoms with Crippen LogP contribution in [0.25, 0.3) is 54.9 Å². The van der Waals surface area contributed by atoms with Gasteiger partial charge in [-0.25, -0.2) is 0 Å². The molecule has 0 aliphatic carbocycles. The lowest BCUT2D eigenvalue weighted by molar-refractivity contribution is 0.476. The molecule has 0 aliphatic heterocycles. The molecule has 6 rings (SSSR count). The number of aryl methyl sites for hydroxylation is 2. The van der Waals surface area contributed by atoms with Gasteiger partial charge in [0.2, 0.25) is 0 Å². The lowest BCUT2D eigenvalue weighted by atomic mass is 9.84. The summed E-state index contributed by atoms with van der Waals surface area (Å²) in [6, 6.07) is 36.5. The van der Waals surface area contributed by atoms with E-state index in [-0.39, 0.29) is 11.5 Å². The average Bonchev–Trinajstić information content (AvgIpc) is 2.90. The minimum Gasteiger partial charge on any atom is -0.507 e. The summed E-state index contributed by atoms with van der Waals surface area (Å²) in [6.07, 6.45) is 0. The molecule has 0 aliphatic rings. The van der Waals surface area contributed by atoms with E-state index in [2.05, 4.69) is 74.5 Å². The molecule has 0 unspecified atom stereocenters. The molecule has 36 heavy (non-hydrogen) atoms. The molecule has 174 valence electrons. The Morgan fingerprint density at radius 2 is 0.806 bits per heavy atom. The molecule has 2 nitrogen and oxygen atoms in total. The van der Waals surface area contributed by atoms with Gasteiger partial charge in [0, 0.05) is 21.9 Å². The summed E-state index contributed by atoms with van der Waals surface area (Å²) in [5.41, 5.74) is 7.33. The maximum atomic E-state index is 11.8. The van der Waals surface area contributed by atoms with E-state index in [1.165, 1.54) is 11.1 Å². The van der Waals surface area contributed by atoms with Gasteiger partial charge >= 0.3 is 0 Å². The van der Waals surface area contributed by atoms with Crippen molar-refractivity contribution in [1.29, 1.82) is 0 Å². The van der Waals surface area contributed by atoms with Crippen molar-refractivity contribution in [2.75, 3.05) is 0 Å². The molecule has 2 N–H and O–H groups in total. The monoisotopic (exact) mass is 466 g/mol. The van der Waals surface area contributed by atoms with Crippen molar-refractivity contribution in [3.05, 3.63) is 120 Å². The summed E-state index contributed by atoms with van der Waals surface area (Å²) in [5, 5.41) is 27.0. The van der Waals surface area contributed by atoms with E-state index in [1.54, 1.807) is 0 Å². The number of benzene rings is 6. The predicted octanol–water partition coefficient (Wildman–Crippen LogP) is 9.02. The number of aromatic hydroxyl groups is 2. The lowest BCUT2D eigenvalue weighted by Gasteiger charge is -2.21. The summed E-state index contributed by atoms with van der Waals surface area (Å²) < 4.78 is 0. The number of rotatable bonds is 3. The van der Waals surface area contributed by atoms with E-state index in [1.807, 2.05) is 48.5 Å². The molecular formula is C34H26O2. The Labute approximate surface area is 210 Å². The fraction of sp³-hybridized carbons (Fsp3) is 0.0588. The van der Waals surface area contributed by atoms with Crippen LogP contribution in [-0.4, -0.2) is 10.2 Å². The molecule has 6 aromatic rings. The molecule has 0 aromatic heterocycles. The number of phenols is 2. The third kappa shape index (κ3) is 3.59. The third-order valence-corrected chi connectivity index (χ3v) is 7.02. The first-order valence-electron chi connectivity index (χ1n) is 12.1. The molecule has 0 spiro atoms. The van der Waals surface area contributed by atoms with E-state index in [0.29, 0.717) is 11.1 Å². The Balaban J connectivity index is 1.79. The Morgan fingerprint density at radius 3 is 1.19 bits per heavy atom. The van der Waals surface area contributed by atoms with Crippen LogP contribution in [0.4, 0.5) is 0 Å². The van der Waals surface area contributed by atoms with Crippen LogP contribution in [0.15, 0.2) is 109 Å². The van der Waals surface area contributed by atoms with E-state index < -0.39 is 0 Å². The van der Waals surface area contributed by atoms with E-state index >= 15 is 0 Å². The summed E-state index contributed by atoms with van der Waals surface area (Å²) in [6.45, 7) is 4.13. The molecule has 0 heterocycles. The molecule has 0 bridgehead atoms. The zero-order valence-electron chi connectivity index (χ0n) is 20.3. The minimum atomic E-state index is 0.169. The van der Waals surface area contributed by atoms with E-state index in [0.717, 1.165) is 43.8 Å². The van der Waals surface area contributed by atoms with Crippen LogP contribution in [0.3, 0.4) is 0 Å². The van der Waals surface area contributed by atoms with Crippen LogP contribution >= 0.6 is 0 Å². The third-order valence-electron chi connectivity index (χ3n) is 7.02. The van der Waals surface area contributed by atoms with Crippen molar-refractivity contribution in [1.82, 2.24) is 0 Å². The standard InChI is InChI=1S/C34H26O2/c1-21-11-15-23(16-12-21)29-19-25-7-3-5-9-27(25)33(35)31(29)32-30(24-17-13-22(2)14-18-24)20-26-8-4-6-10-28(26)34(32)36/h3-20,35-36H,1-2H3. The first-order chi connectivity index (χ1) is 17.5. The maximum Gasteiger partial charge on any atom is 0.132 e. The van der Waals surface area contributed by atoms with Crippen LogP contribution in [0.5, 0.6) is 11.5 Å². The second-order valence-corrected chi connectivity index (χ2v) is 9.47. The smallest absolute Gasteiger partial charge is 0.132 e. The quantitative estimate of drug-likeness (QED) is 0.273. The molecule has 2 heteroatoms. The van der Waals surface area contributed by atoms with Gasteiger partial charge in [0.05, 0.1) is 0 Å². The van der Waals surface area contributed by atoms with Crippen LogP contribution in [-0.2, 0) is 0 Å². The molecule has 0 saturated heterocycles. The summed E-state index contributed by atoms with van der Waals surface area (Å²) in [7, 11) is 0. The highest BCUT2D eigenvalue weighted by Gasteiger charge is 2.24. The first kappa shape index (κ1) is 21.9. The van der Waals surface area contributed by atoms with Gasteiger partial charge in [0.15, 0.2) is 0 Å². The van der Waals surface area contributed by atoms with E-state index in [9.17, 15) is 10.2 Å². The van der Waals surface area contributed by atoms with Gasteiger partial charge in [-0.15, -0.1) is 0 Å². The van der Waals surface area contributed by atoms with E-state index in [4.69, 9.17) is 0 Å². The van der Waals surface area contributed by atoms with Gasteiger partial charge in [-0.05, 0) is 59.0 Å². The number of fused-ring (bicyclic) bond motifs is 2. The van der Waals surface area contributed by atoms with Gasteiger partial charge in [-0.3, -0.25) is 0 Å². The van der Waals surface area contributed by atoms with Crippen molar-refractivity contribution in [2.45, 2.75) is 13.8 Å². The van der Waals surface area contributed by atoms with Crippen LogP contribution in [0, 0.1) is 13.8 Å². The molecule has 0 saturated carbocycles. The second kappa shape index (κ2) is 8.58. The zero-order valence-corrected chi connectivity index (χ0v) is 20.3. The van der Waals surface area contributed by atoms with Gasteiger partial charge in [0.1, 0.15) is 11.5 Å². The van der Waals surface area contributed by atoms with Gasteiger partial charge in [0.25, 0.3) is 0 Å². The molecule has 0 fully saturated rings. The molecular weight excluding hydrogens is 440 g/mol. The first-order valence-corrected chi connectivity index (χ1v) is 12.1. The predicted molar refractivity (Wildman–Crippen MR) is 151 cm³/mol. The van der Waals surface area contributed by atoms with Crippen molar-refractivity contribution in [3.8, 4) is 44.9 Å². The average molecular weight is 467 g/mol. The molecule has 0 atom stereocenters. The Hall–Kier alpha value is -4.56. The summed E-state index contributed by atoms with van der Waals surface area (Å²) in [4.78, 5) is 0. The van der Waals surface area contributed by atoms with Crippen LogP contribution < -0.4 is 0 Å². The van der Waals surface area contributed by atoms with Crippen LogP contribution in [0.1, 0.15) is 11.1 Å². The van der Waals surface area contributed by atoms with Crippen LogP contribution in [0.2, 0.25) is 0 Å². The Bertz CT molecular complexity index is 1610. The number of hydrogen-bond donors (Lipinski definition) is 2. The summed E-state index contributed by atoms with van der Waals surface area (Å²) >= 11 is 0. The van der Waals surface area contributed by atoms with Gasteiger partial charge in [-0.2, -0.15) is 0 Å². The van der Waals surface area contributed by atoms with Crippen molar-refractivity contribution in [3.63, 3.8) is 0 Å². The number of phenolic OH excluding ortho intramolecular Hbond substituents is 2. The van der Waals surface area contributed by atoms with Crippen molar-refractivity contribution >= 4 is 21.5 Å².